The Kier molecular flexibility index (Phi) is 5.72. The second-order valence-electron chi connectivity index (χ2n) is 6.58. The Hall–Kier alpha value is -2.83. The SMILES string of the molecule is NCC(=O)N[C@H](N)C(=O)N1CC(Oc2ccc3c(c2C(=O)O)OB(O)CC3)C1. The van der Waals surface area contributed by atoms with Gasteiger partial charge in [-0.25, -0.2) is 4.79 Å². The smallest absolute Gasteiger partial charge is 0.522 e. The number of ether oxygens (including phenoxy) is 1. The Labute approximate surface area is 160 Å². The van der Waals surface area contributed by atoms with Crippen LogP contribution in [0.25, 0.3) is 0 Å². The molecule has 0 unspecified atom stereocenters. The number of aromatic carboxylic acids is 1. The number of nitrogens with zero attached hydrogens (tertiary/aromatic N) is 1. The first-order chi connectivity index (χ1) is 13.3. The monoisotopic (exact) mass is 392 g/mol. The van der Waals surface area contributed by atoms with E-state index >= 15 is 0 Å². The third-order valence-electron chi connectivity index (χ3n) is 4.55. The summed E-state index contributed by atoms with van der Waals surface area (Å²) in [5.74, 6) is -2.08. The molecule has 0 aliphatic carbocycles. The minimum Gasteiger partial charge on any atom is -0.535 e. The number of carbonyl (C=O) groups is 3. The van der Waals surface area contributed by atoms with E-state index in [2.05, 4.69) is 5.32 Å². The largest absolute Gasteiger partial charge is 0.535 e. The number of amides is 2. The van der Waals surface area contributed by atoms with Gasteiger partial charge in [0, 0.05) is 0 Å². The number of carboxylic acids is 1. The van der Waals surface area contributed by atoms with E-state index in [0.717, 1.165) is 0 Å². The molecule has 0 saturated carbocycles. The van der Waals surface area contributed by atoms with Crippen LogP contribution in [0.1, 0.15) is 15.9 Å². The van der Waals surface area contributed by atoms with Crippen molar-refractivity contribution < 1.29 is 33.9 Å². The van der Waals surface area contributed by atoms with E-state index in [1.807, 2.05) is 0 Å². The highest BCUT2D eigenvalue weighted by Gasteiger charge is 2.37. The maximum Gasteiger partial charge on any atom is 0.522 e. The van der Waals surface area contributed by atoms with Gasteiger partial charge >= 0.3 is 13.1 Å². The molecule has 1 saturated heterocycles. The summed E-state index contributed by atoms with van der Waals surface area (Å²) in [6.45, 7) is 0.0923. The normalized spacial score (nSPS) is 17.1. The van der Waals surface area contributed by atoms with Crippen molar-refractivity contribution in [1.29, 1.82) is 0 Å². The lowest BCUT2D eigenvalue weighted by molar-refractivity contribution is -0.143. The third kappa shape index (κ3) is 4.03. The second-order valence-corrected chi connectivity index (χ2v) is 6.58. The zero-order chi connectivity index (χ0) is 20.4. The Balaban J connectivity index is 1.65. The highest BCUT2D eigenvalue weighted by molar-refractivity contribution is 6.44. The molecule has 2 heterocycles. The first-order valence-electron chi connectivity index (χ1n) is 8.74. The zero-order valence-electron chi connectivity index (χ0n) is 15.0. The molecule has 0 bridgehead atoms. The van der Waals surface area contributed by atoms with Gasteiger partial charge in [0.25, 0.3) is 5.91 Å². The van der Waals surface area contributed by atoms with Crippen molar-refractivity contribution in [3.05, 3.63) is 23.3 Å². The lowest BCUT2D eigenvalue weighted by Crippen LogP contribution is -2.63. The Morgan fingerprint density at radius 2 is 2.11 bits per heavy atom. The Bertz CT molecular complexity index is 799. The van der Waals surface area contributed by atoms with Crippen molar-refractivity contribution in [2.45, 2.75) is 25.0 Å². The topological polar surface area (TPSA) is 177 Å². The molecule has 7 N–H and O–H groups in total. The molecule has 0 spiro atoms. The van der Waals surface area contributed by atoms with E-state index < -0.39 is 37.2 Å². The lowest BCUT2D eigenvalue weighted by atomic mass is 9.78. The van der Waals surface area contributed by atoms with Crippen LogP contribution in [0.15, 0.2) is 12.1 Å². The number of hydrogen-bond donors (Lipinski definition) is 5. The fourth-order valence-corrected chi connectivity index (χ4v) is 3.08. The van der Waals surface area contributed by atoms with E-state index in [4.69, 9.17) is 20.9 Å². The van der Waals surface area contributed by atoms with Gasteiger partial charge in [0.15, 0.2) is 6.17 Å². The van der Waals surface area contributed by atoms with Crippen molar-refractivity contribution >= 4 is 24.9 Å². The first kappa shape index (κ1) is 19.9. The molecule has 150 valence electrons. The van der Waals surface area contributed by atoms with E-state index in [1.165, 1.54) is 4.90 Å². The van der Waals surface area contributed by atoms with Crippen LogP contribution < -0.4 is 26.2 Å². The molecule has 28 heavy (non-hydrogen) atoms. The van der Waals surface area contributed by atoms with Crippen LogP contribution in [0.5, 0.6) is 11.5 Å². The van der Waals surface area contributed by atoms with Crippen LogP contribution in [0, 0.1) is 0 Å². The minimum atomic E-state index is -1.24. The molecule has 1 atom stereocenters. The van der Waals surface area contributed by atoms with E-state index in [1.54, 1.807) is 12.1 Å². The van der Waals surface area contributed by atoms with Crippen molar-refractivity contribution in [3.63, 3.8) is 0 Å². The zero-order valence-corrected chi connectivity index (χ0v) is 15.0. The number of hydrogen-bond acceptors (Lipinski definition) is 8. The summed E-state index contributed by atoms with van der Waals surface area (Å²) in [4.78, 5) is 36.4. The van der Waals surface area contributed by atoms with E-state index in [0.29, 0.717) is 18.3 Å². The molecule has 1 fully saturated rings. The standard InChI is InChI=1S/C16H21BN4O7/c18-5-11(22)20-14(19)15(23)21-6-9(7-21)27-10-2-1-8-3-4-17(26)28-13(8)12(10)16(24)25/h1-2,9,14,26H,3-7,18-19H2,(H,20,22)(H,24,25)/t14-/m0/s1. The highest BCUT2D eigenvalue weighted by Crippen LogP contribution is 2.37. The highest BCUT2D eigenvalue weighted by atomic mass is 16.5. The average Bonchev–Trinajstić information content (AvgIpc) is 2.62. The van der Waals surface area contributed by atoms with Gasteiger partial charge in [0.05, 0.1) is 19.6 Å². The summed E-state index contributed by atoms with van der Waals surface area (Å²) in [5.41, 5.74) is 11.3. The number of aryl methyl sites for hydroxylation is 1. The van der Waals surface area contributed by atoms with Gasteiger partial charge in [-0.15, -0.1) is 0 Å². The van der Waals surface area contributed by atoms with Gasteiger partial charge < -0.3 is 41.2 Å². The van der Waals surface area contributed by atoms with Crippen LogP contribution in [0.2, 0.25) is 6.32 Å². The maximum atomic E-state index is 12.1. The predicted molar refractivity (Wildman–Crippen MR) is 96.7 cm³/mol. The Morgan fingerprint density at radius 1 is 1.39 bits per heavy atom. The van der Waals surface area contributed by atoms with Crippen LogP contribution in [-0.4, -0.2) is 71.8 Å². The number of benzene rings is 1. The molecule has 1 aromatic carbocycles. The summed E-state index contributed by atoms with van der Waals surface area (Å²) in [5, 5.41) is 21.5. The van der Waals surface area contributed by atoms with Crippen LogP contribution in [0.4, 0.5) is 0 Å². The molecule has 0 radical (unpaired) electrons. The molecule has 12 heteroatoms. The summed E-state index contributed by atoms with van der Waals surface area (Å²) >= 11 is 0. The third-order valence-corrected chi connectivity index (χ3v) is 4.55. The van der Waals surface area contributed by atoms with Gasteiger partial charge in [0.1, 0.15) is 23.2 Å². The molecule has 2 aliphatic rings. The molecule has 3 rings (SSSR count). The summed E-state index contributed by atoms with van der Waals surface area (Å²) in [6, 6.07) is 3.24. The molecule has 2 amide bonds. The quantitative estimate of drug-likeness (QED) is 0.264. The number of nitrogens with two attached hydrogens (primary N) is 2. The molecule has 11 nitrogen and oxygen atoms in total. The minimum absolute atomic E-state index is 0.0955. The maximum absolute atomic E-state index is 12.1. The van der Waals surface area contributed by atoms with Gasteiger partial charge in [0.2, 0.25) is 5.91 Å². The average molecular weight is 392 g/mol. The van der Waals surface area contributed by atoms with Crippen LogP contribution >= 0.6 is 0 Å². The van der Waals surface area contributed by atoms with Crippen molar-refractivity contribution in [3.8, 4) is 11.5 Å². The van der Waals surface area contributed by atoms with Gasteiger partial charge in [-0.1, -0.05) is 6.07 Å². The van der Waals surface area contributed by atoms with Crippen molar-refractivity contribution in [2.75, 3.05) is 19.6 Å². The number of carbonyl (C=O) groups excluding carboxylic acids is 2. The number of rotatable bonds is 6. The summed E-state index contributed by atoms with van der Waals surface area (Å²) < 4.78 is 11.0. The lowest BCUT2D eigenvalue weighted by Gasteiger charge is -2.40. The number of carboxylic acid groups (broad SMARTS) is 1. The molecular weight excluding hydrogens is 371 g/mol. The molecular formula is C16H21BN4O7. The van der Waals surface area contributed by atoms with Crippen molar-refractivity contribution in [1.82, 2.24) is 10.2 Å². The second kappa shape index (κ2) is 8.04. The van der Waals surface area contributed by atoms with Crippen molar-refractivity contribution in [2.24, 2.45) is 11.5 Å². The van der Waals surface area contributed by atoms with Gasteiger partial charge in [-0.05, 0) is 24.4 Å². The molecule has 1 aromatic rings. The summed E-state index contributed by atoms with van der Waals surface area (Å²) in [7, 11) is -1.07. The molecule has 2 aliphatic heterocycles. The van der Waals surface area contributed by atoms with Gasteiger partial charge in [-0.3, -0.25) is 9.59 Å². The number of fused-ring (bicyclic) bond motifs is 1. The van der Waals surface area contributed by atoms with E-state index in [9.17, 15) is 24.5 Å². The van der Waals surface area contributed by atoms with Crippen LogP contribution in [-0.2, 0) is 16.0 Å². The fraction of sp³-hybridized carbons (Fsp3) is 0.438. The number of nitrogens with one attached hydrogen (secondary N) is 1. The first-order valence-corrected chi connectivity index (χ1v) is 8.74. The predicted octanol–water partition coefficient (Wildman–Crippen LogP) is -2.25. The van der Waals surface area contributed by atoms with Crippen LogP contribution in [0.3, 0.4) is 0 Å². The fourth-order valence-electron chi connectivity index (χ4n) is 3.08. The summed E-state index contributed by atoms with van der Waals surface area (Å²) in [6.07, 6.45) is -0.765. The Morgan fingerprint density at radius 3 is 2.75 bits per heavy atom. The molecule has 0 aromatic heterocycles. The number of likely N-dealkylation sites (tertiary alicyclic amines) is 1. The van der Waals surface area contributed by atoms with Gasteiger partial charge in [-0.2, -0.15) is 0 Å². The van der Waals surface area contributed by atoms with E-state index in [-0.39, 0.29) is 36.7 Å².